The van der Waals surface area contributed by atoms with Crippen LogP contribution in [-0.4, -0.2) is 23.6 Å². The van der Waals surface area contributed by atoms with E-state index in [2.05, 4.69) is 24.3 Å². The number of carbonyl (C=O) groups is 4. The molecule has 218 valence electrons. The van der Waals surface area contributed by atoms with Crippen molar-refractivity contribution >= 4 is 35.0 Å². The SMILES string of the molecule is O=C1[C@@H]2[C@H](C(=O)N1c1cccc(Oc3cccc(Oc4cccc(N5C(=O)[C@@H]6[C@H](C5=O)[C@@H]5C=C[C@H]6C5)c4)c3)c1)[C@@H]1C=C[C@H]2C1. The van der Waals surface area contributed by atoms with Crippen molar-refractivity contribution in [2.45, 2.75) is 12.8 Å². The molecule has 9 rings (SSSR count). The van der Waals surface area contributed by atoms with Crippen LogP contribution in [0.1, 0.15) is 12.8 Å². The van der Waals surface area contributed by atoms with Crippen LogP contribution in [0.15, 0.2) is 97.1 Å². The van der Waals surface area contributed by atoms with E-state index >= 15 is 0 Å². The molecule has 4 fully saturated rings. The molecule has 8 atom stereocenters. The quantitative estimate of drug-likeness (QED) is 0.265. The Balaban J connectivity index is 0.918. The van der Waals surface area contributed by atoms with Crippen molar-refractivity contribution in [3.05, 3.63) is 97.1 Å². The standard InChI is InChI=1S/C36H28N2O6/c39-33-29-19-10-11-20(14-19)30(29)34(40)37(33)23-4-1-6-25(16-23)43-27-8-3-9-28(18-27)44-26-7-2-5-24(17-26)38-35(41)31-21-12-13-22(15-21)32(31)36(38)42/h1-13,16-22,29-32H,14-15H2/t19-,20+,21-,22+,29-,30+,31-,32+. The Morgan fingerprint density at radius 2 is 0.773 bits per heavy atom. The summed E-state index contributed by atoms with van der Waals surface area (Å²) in [7, 11) is 0. The van der Waals surface area contributed by atoms with Gasteiger partial charge in [0.05, 0.1) is 35.0 Å². The Morgan fingerprint density at radius 3 is 1.14 bits per heavy atom. The number of carbonyl (C=O) groups excluding carboxylic acids is 4. The molecule has 0 radical (unpaired) electrons. The summed E-state index contributed by atoms with van der Waals surface area (Å²) < 4.78 is 12.3. The van der Waals surface area contributed by atoms with Crippen LogP contribution in [0.25, 0.3) is 0 Å². The van der Waals surface area contributed by atoms with Crippen LogP contribution in [0.4, 0.5) is 11.4 Å². The molecule has 44 heavy (non-hydrogen) atoms. The summed E-state index contributed by atoms with van der Waals surface area (Å²) in [6, 6.07) is 21.2. The molecule has 6 aliphatic rings. The van der Waals surface area contributed by atoms with E-state index in [0.29, 0.717) is 34.4 Å². The van der Waals surface area contributed by atoms with E-state index in [1.54, 1.807) is 72.8 Å². The molecule has 4 aliphatic carbocycles. The first-order valence-corrected chi connectivity index (χ1v) is 15.2. The van der Waals surface area contributed by atoms with E-state index < -0.39 is 0 Å². The van der Waals surface area contributed by atoms with Crippen molar-refractivity contribution in [2.24, 2.45) is 47.3 Å². The monoisotopic (exact) mass is 584 g/mol. The molecular formula is C36H28N2O6. The van der Waals surface area contributed by atoms with Gasteiger partial charge in [-0.05, 0) is 72.9 Å². The normalized spacial score (nSPS) is 32.3. The molecule has 4 amide bonds. The fraction of sp³-hybridized carbons (Fsp3) is 0.278. The van der Waals surface area contributed by atoms with Gasteiger partial charge in [0.2, 0.25) is 23.6 Å². The van der Waals surface area contributed by atoms with Crippen molar-refractivity contribution in [2.75, 3.05) is 9.80 Å². The highest BCUT2D eigenvalue weighted by molar-refractivity contribution is 6.23. The van der Waals surface area contributed by atoms with E-state index in [1.165, 1.54) is 9.80 Å². The summed E-state index contributed by atoms with van der Waals surface area (Å²) in [5, 5.41) is 0. The minimum absolute atomic E-state index is 0.129. The maximum atomic E-state index is 13.3. The number of anilines is 2. The zero-order valence-electron chi connectivity index (χ0n) is 23.6. The molecule has 4 bridgehead atoms. The van der Waals surface area contributed by atoms with Gasteiger partial charge in [0, 0.05) is 18.2 Å². The summed E-state index contributed by atoms with van der Waals surface area (Å²) in [6.45, 7) is 0. The largest absolute Gasteiger partial charge is 0.457 e. The number of hydrogen-bond donors (Lipinski definition) is 0. The van der Waals surface area contributed by atoms with Gasteiger partial charge in [0.1, 0.15) is 23.0 Å². The van der Waals surface area contributed by atoms with Crippen molar-refractivity contribution in [3.63, 3.8) is 0 Å². The molecule has 8 heteroatoms. The van der Waals surface area contributed by atoms with E-state index in [1.807, 2.05) is 0 Å². The fourth-order valence-electron chi connectivity index (χ4n) is 8.56. The number of amides is 4. The lowest BCUT2D eigenvalue weighted by Gasteiger charge is -2.18. The van der Waals surface area contributed by atoms with E-state index in [4.69, 9.17) is 9.47 Å². The predicted octanol–water partition coefficient (Wildman–Crippen LogP) is 5.89. The molecule has 3 aromatic carbocycles. The van der Waals surface area contributed by atoms with Crippen molar-refractivity contribution in [1.82, 2.24) is 0 Å². The maximum Gasteiger partial charge on any atom is 0.238 e. The van der Waals surface area contributed by atoms with Gasteiger partial charge in [-0.15, -0.1) is 0 Å². The first kappa shape index (κ1) is 25.5. The molecule has 0 N–H and O–H groups in total. The number of imide groups is 2. The lowest BCUT2D eigenvalue weighted by atomic mass is 9.85. The first-order chi connectivity index (χ1) is 21.4. The Labute approximate surface area is 253 Å². The molecule has 2 heterocycles. The number of rotatable bonds is 6. The third-order valence-corrected chi connectivity index (χ3v) is 10.4. The highest BCUT2D eigenvalue weighted by Crippen LogP contribution is 2.54. The van der Waals surface area contributed by atoms with Crippen LogP contribution in [-0.2, 0) is 19.2 Å². The van der Waals surface area contributed by atoms with Crippen LogP contribution in [0.5, 0.6) is 23.0 Å². The average molecular weight is 585 g/mol. The number of ether oxygens (including phenoxy) is 2. The Bertz CT molecular complexity index is 1660. The molecule has 2 aliphatic heterocycles. The second-order valence-electron chi connectivity index (χ2n) is 12.7. The average Bonchev–Trinajstić information content (AvgIpc) is 3.87. The van der Waals surface area contributed by atoms with Crippen LogP contribution in [0.2, 0.25) is 0 Å². The summed E-state index contributed by atoms with van der Waals surface area (Å²) in [5.41, 5.74) is 1.02. The molecule has 0 aromatic heterocycles. The van der Waals surface area contributed by atoms with Gasteiger partial charge in [-0.3, -0.25) is 19.2 Å². The third kappa shape index (κ3) is 3.63. The van der Waals surface area contributed by atoms with Gasteiger partial charge in [-0.1, -0.05) is 42.5 Å². The minimum atomic E-state index is -0.261. The van der Waals surface area contributed by atoms with Gasteiger partial charge in [-0.25, -0.2) is 9.80 Å². The van der Waals surface area contributed by atoms with Crippen LogP contribution >= 0.6 is 0 Å². The lowest BCUT2D eigenvalue weighted by Crippen LogP contribution is -2.32. The van der Waals surface area contributed by atoms with Crippen LogP contribution < -0.4 is 19.3 Å². The summed E-state index contributed by atoms with van der Waals surface area (Å²) >= 11 is 0. The van der Waals surface area contributed by atoms with Gasteiger partial charge < -0.3 is 9.47 Å². The topological polar surface area (TPSA) is 93.2 Å². The number of allylic oxidation sites excluding steroid dienone is 4. The number of hydrogen-bond acceptors (Lipinski definition) is 6. The number of fused-ring (bicyclic) bond motifs is 10. The first-order valence-electron chi connectivity index (χ1n) is 15.2. The Kier molecular flexibility index (Phi) is 5.37. The van der Waals surface area contributed by atoms with E-state index in [-0.39, 0.29) is 71.0 Å². The van der Waals surface area contributed by atoms with Crippen molar-refractivity contribution < 1.29 is 28.7 Å². The molecule has 2 saturated carbocycles. The van der Waals surface area contributed by atoms with Crippen molar-refractivity contribution in [1.29, 1.82) is 0 Å². The summed E-state index contributed by atoms with van der Waals surface area (Å²) in [4.78, 5) is 55.7. The minimum Gasteiger partial charge on any atom is -0.457 e. The summed E-state index contributed by atoms with van der Waals surface area (Å²) in [6.07, 6.45) is 10.1. The summed E-state index contributed by atoms with van der Waals surface area (Å²) in [5.74, 6) is 1.03. The maximum absolute atomic E-state index is 13.3. The van der Waals surface area contributed by atoms with Gasteiger partial charge >= 0.3 is 0 Å². The zero-order chi connectivity index (χ0) is 29.7. The smallest absolute Gasteiger partial charge is 0.238 e. The zero-order valence-corrected chi connectivity index (χ0v) is 23.6. The molecule has 3 aromatic rings. The second kappa shape index (κ2) is 9.26. The fourth-order valence-corrected chi connectivity index (χ4v) is 8.56. The van der Waals surface area contributed by atoms with Gasteiger partial charge in [-0.2, -0.15) is 0 Å². The molecule has 0 unspecified atom stereocenters. The van der Waals surface area contributed by atoms with Crippen molar-refractivity contribution in [3.8, 4) is 23.0 Å². The predicted molar refractivity (Wildman–Crippen MR) is 160 cm³/mol. The second-order valence-corrected chi connectivity index (χ2v) is 12.7. The highest BCUT2D eigenvalue weighted by atomic mass is 16.5. The van der Waals surface area contributed by atoms with Crippen LogP contribution in [0, 0.1) is 47.3 Å². The molecule has 0 spiro atoms. The number of nitrogens with zero attached hydrogens (tertiary/aromatic N) is 2. The van der Waals surface area contributed by atoms with E-state index in [9.17, 15) is 19.2 Å². The Hall–Kier alpha value is -4.98. The van der Waals surface area contributed by atoms with Gasteiger partial charge in [0.25, 0.3) is 0 Å². The third-order valence-electron chi connectivity index (χ3n) is 10.4. The molecule has 8 nitrogen and oxygen atoms in total. The lowest BCUT2D eigenvalue weighted by molar-refractivity contribution is -0.124. The highest BCUT2D eigenvalue weighted by Gasteiger charge is 2.60. The van der Waals surface area contributed by atoms with E-state index in [0.717, 1.165) is 12.8 Å². The Morgan fingerprint density at radius 1 is 0.455 bits per heavy atom. The molecule has 2 saturated heterocycles. The molecular weight excluding hydrogens is 556 g/mol. The van der Waals surface area contributed by atoms with Gasteiger partial charge in [0.15, 0.2) is 0 Å². The van der Waals surface area contributed by atoms with Crippen LogP contribution in [0.3, 0.4) is 0 Å². The number of benzene rings is 3.